The van der Waals surface area contributed by atoms with Crippen molar-refractivity contribution in [2.45, 2.75) is 0 Å². The van der Waals surface area contributed by atoms with Crippen molar-refractivity contribution in [2.75, 3.05) is 36.9 Å². The van der Waals surface area contributed by atoms with Gasteiger partial charge >= 0.3 is 5.97 Å². The normalized spacial score (nSPS) is 15.1. The Balaban J connectivity index is 2.31. The Kier molecular flexibility index (Phi) is 3.64. The number of anilines is 1. The van der Waals surface area contributed by atoms with E-state index >= 15 is 0 Å². The molecular weight excluding hydrogens is 310 g/mol. The van der Waals surface area contributed by atoms with Gasteiger partial charge < -0.3 is 21.2 Å². The Morgan fingerprint density at radius 1 is 1.30 bits per heavy atom. The molecule has 2 heterocycles. The predicted octanol–water partition coefficient (Wildman–Crippen LogP) is 0.101. The van der Waals surface area contributed by atoms with Crippen LogP contribution in [0.1, 0.15) is 10.4 Å². The zero-order valence-corrected chi connectivity index (χ0v) is 12.0. The van der Waals surface area contributed by atoms with Gasteiger partial charge in [0.1, 0.15) is 22.6 Å². The summed E-state index contributed by atoms with van der Waals surface area (Å²) >= 11 is 0. The van der Waals surface area contributed by atoms with E-state index in [1.807, 2.05) is 0 Å². The molecule has 4 N–H and O–H groups in total. The molecule has 1 aliphatic heterocycles. The minimum atomic E-state index is -1.51. The average molecular weight is 324 g/mol. The zero-order valence-electron chi connectivity index (χ0n) is 12.0. The Hall–Kier alpha value is -2.68. The van der Waals surface area contributed by atoms with Gasteiger partial charge in [0.25, 0.3) is 0 Å². The summed E-state index contributed by atoms with van der Waals surface area (Å²) in [5, 5.41) is 11.6. The first-order chi connectivity index (χ1) is 10.9. The van der Waals surface area contributed by atoms with Gasteiger partial charge in [0, 0.05) is 32.4 Å². The number of aromatic carboxylic acids is 1. The number of halogens is 2. The highest BCUT2D eigenvalue weighted by Crippen LogP contribution is 2.29. The number of benzene rings is 1. The van der Waals surface area contributed by atoms with Crippen LogP contribution in [0.25, 0.3) is 10.9 Å². The standard InChI is InChI=1S/C14H14F2N4O3/c15-9-5-7-11(20(17)6-8(13(7)21)14(22)23)10(16)12(9)19-3-1-18-2-4-19/h5-6,18H,1-4,17H2,(H,22,23). The van der Waals surface area contributed by atoms with Crippen LogP contribution in [0.15, 0.2) is 17.1 Å². The molecule has 3 rings (SSSR count). The number of piperazine rings is 1. The Morgan fingerprint density at radius 3 is 2.57 bits per heavy atom. The van der Waals surface area contributed by atoms with E-state index in [0.717, 1.165) is 12.3 Å². The topological polar surface area (TPSA) is 101 Å². The molecule has 1 fully saturated rings. The predicted molar refractivity (Wildman–Crippen MR) is 80.3 cm³/mol. The number of nitrogens with one attached hydrogen (secondary N) is 1. The van der Waals surface area contributed by atoms with E-state index in [9.17, 15) is 18.4 Å². The van der Waals surface area contributed by atoms with Crippen molar-refractivity contribution in [3.8, 4) is 0 Å². The fourth-order valence-electron chi connectivity index (χ4n) is 2.76. The summed E-state index contributed by atoms with van der Waals surface area (Å²) in [5.74, 6) is 2.23. The summed E-state index contributed by atoms with van der Waals surface area (Å²) in [6.45, 7) is 1.96. The molecule has 0 radical (unpaired) electrons. The maximum atomic E-state index is 14.8. The summed E-state index contributed by atoms with van der Waals surface area (Å²) in [5.41, 5.74) is -2.21. The van der Waals surface area contributed by atoms with Crippen molar-refractivity contribution in [3.05, 3.63) is 39.7 Å². The number of carbonyl (C=O) groups is 1. The number of nitrogens with two attached hydrogens (primary N) is 1. The molecule has 9 heteroatoms. The molecule has 1 aliphatic rings. The highest BCUT2D eigenvalue weighted by atomic mass is 19.1. The summed E-state index contributed by atoms with van der Waals surface area (Å²) in [4.78, 5) is 24.7. The molecule has 0 unspecified atom stereocenters. The number of fused-ring (bicyclic) bond motifs is 1. The number of nitrogen functional groups attached to an aromatic ring is 1. The highest BCUT2D eigenvalue weighted by Gasteiger charge is 2.25. The fourth-order valence-corrected chi connectivity index (χ4v) is 2.76. The van der Waals surface area contributed by atoms with Crippen LogP contribution in [0, 0.1) is 11.6 Å². The highest BCUT2D eigenvalue weighted by molar-refractivity contribution is 5.93. The molecule has 1 aromatic carbocycles. The van der Waals surface area contributed by atoms with E-state index in [2.05, 4.69) is 5.32 Å². The lowest BCUT2D eigenvalue weighted by atomic mass is 10.1. The quantitative estimate of drug-likeness (QED) is 0.678. The molecule has 0 spiro atoms. The zero-order chi connectivity index (χ0) is 16.7. The summed E-state index contributed by atoms with van der Waals surface area (Å²) in [6.07, 6.45) is 0.829. The number of pyridine rings is 1. The first-order valence-corrected chi connectivity index (χ1v) is 6.93. The maximum absolute atomic E-state index is 14.8. The van der Waals surface area contributed by atoms with Gasteiger partial charge in [-0.25, -0.2) is 13.6 Å². The van der Waals surface area contributed by atoms with Gasteiger partial charge in [-0.2, -0.15) is 0 Å². The second-order valence-corrected chi connectivity index (χ2v) is 5.24. The van der Waals surface area contributed by atoms with Crippen LogP contribution in [0.4, 0.5) is 14.5 Å². The lowest BCUT2D eigenvalue weighted by Crippen LogP contribution is -2.44. The lowest BCUT2D eigenvalue weighted by Gasteiger charge is -2.30. The van der Waals surface area contributed by atoms with Gasteiger partial charge in [0.05, 0.1) is 5.39 Å². The maximum Gasteiger partial charge on any atom is 0.341 e. The molecular formula is C14H14F2N4O3. The smallest absolute Gasteiger partial charge is 0.341 e. The van der Waals surface area contributed by atoms with Gasteiger partial charge in [-0.3, -0.25) is 9.47 Å². The molecule has 0 aliphatic carbocycles. The third kappa shape index (κ3) is 2.38. The van der Waals surface area contributed by atoms with Crippen molar-refractivity contribution in [1.82, 2.24) is 9.99 Å². The number of aromatic nitrogens is 1. The fraction of sp³-hybridized carbons (Fsp3) is 0.286. The molecule has 0 atom stereocenters. The van der Waals surface area contributed by atoms with Gasteiger partial charge in [-0.15, -0.1) is 0 Å². The molecule has 7 nitrogen and oxygen atoms in total. The molecule has 122 valence electrons. The monoisotopic (exact) mass is 324 g/mol. The van der Waals surface area contributed by atoms with Gasteiger partial charge in [0.15, 0.2) is 5.82 Å². The van der Waals surface area contributed by atoms with E-state index in [1.54, 1.807) is 0 Å². The Bertz CT molecular complexity index is 859. The van der Waals surface area contributed by atoms with Crippen LogP contribution in [-0.2, 0) is 0 Å². The minimum Gasteiger partial charge on any atom is -0.477 e. The SMILES string of the molecule is Nn1cc(C(=O)O)c(=O)c2cc(F)c(N3CCNCC3)c(F)c21. The van der Waals surface area contributed by atoms with E-state index < -0.39 is 34.0 Å². The first-order valence-electron chi connectivity index (χ1n) is 6.93. The summed E-state index contributed by atoms with van der Waals surface area (Å²) in [6, 6.07) is 0.841. The van der Waals surface area contributed by atoms with Gasteiger partial charge in [0.2, 0.25) is 5.43 Å². The third-order valence-corrected chi connectivity index (χ3v) is 3.85. The molecule has 1 aromatic heterocycles. The van der Waals surface area contributed by atoms with E-state index in [0.29, 0.717) is 30.9 Å². The first kappa shape index (κ1) is 15.2. The summed E-state index contributed by atoms with van der Waals surface area (Å²) in [7, 11) is 0. The number of hydrogen-bond donors (Lipinski definition) is 3. The van der Waals surface area contributed by atoms with Gasteiger partial charge in [-0.05, 0) is 6.07 Å². The van der Waals surface area contributed by atoms with Crippen molar-refractivity contribution in [3.63, 3.8) is 0 Å². The summed E-state index contributed by atoms with van der Waals surface area (Å²) < 4.78 is 29.9. The van der Waals surface area contributed by atoms with Crippen LogP contribution in [0.2, 0.25) is 0 Å². The van der Waals surface area contributed by atoms with Crippen molar-refractivity contribution < 1.29 is 18.7 Å². The Labute approximate surface area is 128 Å². The van der Waals surface area contributed by atoms with Crippen LogP contribution >= 0.6 is 0 Å². The number of hydrogen-bond acceptors (Lipinski definition) is 5. The van der Waals surface area contributed by atoms with Crippen LogP contribution in [-0.4, -0.2) is 41.9 Å². The number of carboxylic acids is 1. The largest absolute Gasteiger partial charge is 0.477 e. The van der Waals surface area contributed by atoms with Gasteiger partial charge in [-0.1, -0.05) is 0 Å². The lowest BCUT2D eigenvalue weighted by molar-refractivity contribution is 0.0695. The van der Waals surface area contributed by atoms with Crippen LogP contribution < -0.4 is 21.5 Å². The molecule has 1 saturated heterocycles. The van der Waals surface area contributed by atoms with Crippen LogP contribution in [0.5, 0.6) is 0 Å². The average Bonchev–Trinajstić information content (AvgIpc) is 2.51. The van der Waals surface area contributed by atoms with Crippen LogP contribution in [0.3, 0.4) is 0 Å². The molecule has 0 bridgehead atoms. The third-order valence-electron chi connectivity index (χ3n) is 3.85. The number of nitrogens with zero attached hydrogens (tertiary/aromatic N) is 2. The molecule has 23 heavy (non-hydrogen) atoms. The Morgan fingerprint density at radius 2 is 1.96 bits per heavy atom. The van der Waals surface area contributed by atoms with Crippen molar-refractivity contribution >= 4 is 22.6 Å². The van der Waals surface area contributed by atoms with Crippen molar-refractivity contribution in [2.24, 2.45) is 0 Å². The number of carboxylic acid groups (broad SMARTS) is 1. The van der Waals surface area contributed by atoms with Crippen molar-refractivity contribution in [1.29, 1.82) is 0 Å². The van der Waals surface area contributed by atoms with E-state index in [-0.39, 0.29) is 11.2 Å². The molecule has 0 saturated carbocycles. The second-order valence-electron chi connectivity index (χ2n) is 5.24. The minimum absolute atomic E-state index is 0.263. The molecule has 0 amide bonds. The van der Waals surface area contributed by atoms with E-state index in [1.165, 1.54) is 4.90 Å². The molecule has 2 aromatic rings. The second kappa shape index (κ2) is 5.51. The number of rotatable bonds is 2. The van der Waals surface area contributed by atoms with E-state index in [4.69, 9.17) is 10.9 Å².